The zero-order chi connectivity index (χ0) is 13.8. The van der Waals surface area contributed by atoms with E-state index in [-0.39, 0.29) is 17.9 Å². The van der Waals surface area contributed by atoms with E-state index < -0.39 is 11.8 Å². The first-order chi connectivity index (χ1) is 9.08. The van der Waals surface area contributed by atoms with Gasteiger partial charge < -0.3 is 9.84 Å². The van der Waals surface area contributed by atoms with Crippen molar-refractivity contribution in [3.63, 3.8) is 0 Å². The summed E-state index contributed by atoms with van der Waals surface area (Å²) >= 11 is 0. The molecule has 2 aromatic carbocycles. The first kappa shape index (κ1) is 13.1. The predicted octanol–water partition coefficient (Wildman–Crippen LogP) is 3.41. The highest BCUT2D eigenvalue weighted by Gasteiger charge is 2.08. The molecule has 0 saturated heterocycles. The Morgan fingerprint density at radius 3 is 2.63 bits per heavy atom. The SMILES string of the molecule is Cc1cc(COc2ccccc2F)ccc1C(=O)O. The monoisotopic (exact) mass is 260 g/mol. The van der Waals surface area contributed by atoms with Gasteiger partial charge in [-0.25, -0.2) is 9.18 Å². The van der Waals surface area contributed by atoms with Crippen molar-refractivity contribution in [3.8, 4) is 5.75 Å². The van der Waals surface area contributed by atoms with E-state index in [1.165, 1.54) is 12.1 Å². The molecule has 0 spiro atoms. The summed E-state index contributed by atoms with van der Waals surface area (Å²) < 4.78 is 18.7. The molecule has 0 fully saturated rings. The lowest BCUT2D eigenvalue weighted by Gasteiger charge is -2.08. The smallest absolute Gasteiger partial charge is 0.335 e. The molecule has 0 aliphatic rings. The molecule has 3 nitrogen and oxygen atoms in total. The van der Waals surface area contributed by atoms with Crippen molar-refractivity contribution in [1.82, 2.24) is 0 Å². The topological polar surface area (TPSA) is 46.5 Å². The van der Waals surface area contributed by atoms with E-state index in [2.05, 4.69) is 0 Å². The second-order valence-electron chi connectivity index (χ2n) is 4.17. The van der Waals surface area contributed by atoms with Crippen LogP contribution in [0.4, 0.5) is 4.39 Å². The average Bonchev–Trinajstić information content (AvgIpc) is 2.37. The van der Waals surface area contributed by atoms with Crippen molar-refractivity contribution >= 4 is 5.97 Å². The maximum absolute atomic E-state index is 13.3. The zero-order valence-corrected chi connectivity index (χ0v) is 10.4. The molecule has 2 rings (SSSR count). The van der Waals surface area contributed by atoms with Gasteiger partial charge in [-0.05, 0) is 36.2 Å². The molecular formula is C15H13FO3. The Hall–Kier alpha value is -2.36. The summed E-state index contributed by atoms with van der Waals surface area (Å²) in [4.78, 5) is 10.9. The van der Waals surface area contributed by atoms with Crippen molar-refractivity contribution in [2.75, 3.05) is 0 Å². The van der Waals surface area contributed by atoms with E-state index in [1.807, 2.05) is 0 Å². The molecule has 0 amide bonds. The standard InChI is InChI=1S/C15H13FO3/c1-10-8-11(6-7-12(10)15(17)18)9-19-14-5-3-2-4-13(14)16/h2-8H,9H2,1H3,(H,17,18). The molecule has 98 valence electrons. The lowest BCUT2D eigenvalue weighted by molar-refractivity contribution is 0.0696. The number of hydrogen-bond donors (Lipinski definition) is 1. The molecule has 0 bridgehead atoms. The number of aromatic carboxylic acids is 1. The summed E-state index contributed by atoms with van der Waals surface area (Å²) in [5.74, 6) is -1.19. The number of ether oxygens (including phenoxy) is 1. The summed E-state index contributed by atoms with van der Waals surface area (Å²) in [7, 11) is 0. The van der Waals surface area contributed by atoms with Gasteiger partial charge in [-0.3, -0.25) is 0 Å². The maximum atomic E-state index is 13.3. The number of rotatable bonds is 4. The lowest BCUT2D eigenvalue weighted by Crippen LogP contribution is -2.02. The quantitative estimate of drug-likeness (QED) is 0.916. The van der Waals surface area contributed by atoms with E-state index in [0.29, 0.717) is 5.56 Å². The largest absolute Gasteiger partial charge is 0.486 e. The Balaban J connectivity index is 2.11. The zero-order valence-electron chi connectivity index (χ0n) is 10.4. The average molecular weight is 260 g/mol. The number of hydrogen-bond acceptors (Lipinski definition) is 2. The summed E-state index contributed by atoms with van der Waals surface area (Å²) in [6, 6.07) is 11.1. The van der Waals surface area contributed by atoms with E-state index in [4.69, 9.17) is 9.84 Å². The Kier molecular flexibility index (Phi) is 3.80. The summed E-state index contributed by atoms with van der Waals surface area (Å²) in [5, 5.41) is 8.92. The van der Waals surface area contributed by atoms with Gasteiger partial charge in [0.2, 0.25) is 0 Å². The van der Waals surface area contributed by atoms with Crippen LogP contribution in [0.5, 0.6) is 5.75 Å². The number of para-hydroxylation sites is 1. The number of carboxylic acids is 1. The number of benzene rings is 2. The second kappa shape index (κ2) is 5.52. The molecule has 0 aromatic heterocycles. The molecule has 0 radical (unpaired) electrons. The fraction of sp³-hybridized carbons (Fsp3) is 0.133. The van der Waals surface area contributed by atoms with Gasteiger partial charge in [0.05, 0.1) is 5.56 Å². The molecule has 1 N–H and O–H groups in total. The molecule has 2 aromatic rings. The van der Waals surface area contributed by atoms with Gasteiger partial charge in [0.1, 0.15) is 6.61 Å². The van der Waals surface area contributed by atoms with Crippen LogP contribution in [0.1, 0.15) is 21.5 Å². The van der Waals surface area contributed by atoms with Crippen LogP contribution in [0.2, 0.25) is 0 Å². The van der Waals surface area contributed by atoms with Gasteiger partial charge in [0.15, 0.2) is 11.6 Å². The second-order valence-corrected chi connectivity index (χ2v) is 4.17. The molecule has 0 heterocycles. The fourth-order valence-corrected chi connectivity index (χ4v) is 1.78. The number of halogens is 1. The molecule has 0 unspecified atom stereocenters. The minimum atomic E-state index is -0.959. The molecule has 19 heavy (non-hydrogen) atoms. The lowest BCUT2D eigenvalue weighted by atomic mass is 10.1. The molecular weight excluding hydrogens is 247 g/mol. The summed E-state index contributed by atoms with van der Waals surface area (Å²) in [5.41, 5.74) is 1.71. The third-order valence-electron chi connectivity index (χ3n) is 2.75. The van der Waals surface area contributed by atoms with Crippen LogP contribution in [-0.4, -0.2) is 11.1 Å². The molecule has 0 saturated carbocycles. The van der Waals surface area contributed by atoms with Crippen molar-refractivity contribution in [1.29, 1.82) is 0 Å². The molecule has 0 aliphatic heterocycles. The Morgan fingerprint density at radius 1 is 1.26 bits per heavy atom. The summed E-state index contributed by atoms with van der Waals surface area (Å²) in [6.07, 6.45) is 0. The van der Waals surface area contributed by atoms with Crippen LogP contribution in [0, 0.1) is 12.7 Å². The predicted molar refractivity (Wildman–Crippen MR) is 68.9 cm³/mol. The van der Waals surface area contributed by atoms with Gasteiger partial charge in [-0.15, -0.1) is 0 Å². The third-order valence-corrected chi connectivity index (χ3v) is 2.75. The van der Waals surface area contributed by atoms with Crippen LogP contribution >= 0.6 is 0 Å². The molecule has 0 aliphatic carbocycles. The highest BCUT2D eigenvalue weighted by Crippen LogP contribution is 2.18. The minimum Gasteiger partial charge on any atom is -0.486 e. The van der Waals surface area contributed by atoms with Gasteiger partial charge in [0, 0.05) is 0 Å². The van der Waals surface area contributed by atoms with Crippen LogP contribution in [0.15, 0.2) is 42.5 Å². The van der Waals surface area contributed by atoms with Gasteiger partial charge in [0.25, 0.3) is 0 Å². The number of carboxylic acid groups (broad SMARTS) is 1. The maximum Gasteiger partial charge on any atom is 0.335 e. The van der Waals surface area contributed by atoms with E-state index >= 15 is 0 Å². The van der Waals surface area contributed by atoms with Crippen LogP contribution in [-0.2, 0) is 6.61 Å². The van der Waals surface area contributed by atoms with Crippen molar-refractivity contribution in [3.05, 3.63) is 65.0 Å². The van der Waals surface area contributed by atoms with Gasteiger partial charge >= 0.3 is 5.97 Å². The fourth-order valence-electron chi connectivity index (χ4n) is 1.78. The van der Waals surface area contributed by atoms with E-state index in [1.54, 1.807) is 37.3 Å². The van der Waals surface area contributed by atoms with Crippen LogP contribution in [0.25, 0.3) is 0 Å². The van der Waals surface area contributed by atoms with Crippen molar-refractivity contribution in [2.24, 2.45) is 0 Å². The normalized spacial score (nSPS) is 10.2. The minimum absolute atomic E-state index is 0.183. The Labute approximate surface area is 110 Å². The first-order valence-electron chi connectivity index (χ1n) is 5.78. The summed E-state index contributed by atoms with van der Waals surface area (Å²) in [6.45, 7) is 1.91. The molecule has 0 atom stereocenters. The van der Waals surface area contributed by atoms with Crippen molar-refractivity contribution in [2.45, 2.75) is 13.5 Å². The third kappa shape index (κ3) is 3.10. The van der Waals surface area contributed by atoms with Crippen molar-refractivity contribution < 1.29 is 19.0 Å². The van der Waals surface area contributed by atoms with E-state index in [0.717, 1.165) is 5.56 Å². The Morgan fingerprint density at radius 2 is 2.00 bits per heavy atom. The van der Waals surface area contributed by atoms with Crippen LogP contribution < -0.4 is 4.74 Å². The van der Waals surface area contributed by atoms with Gasteiger partial charge in [-0.2, -0.15) is 0 Å². The molecule has 4 heteroatoms. The van der Waals surface area contributed by atoms with E-state index in [9.17, 15) is 9.18 Å². The highest BCUT2D eigenvalue weighted by molar-refractivity contribution is 5.89. The van der Waals surface area contributed by atoms with Gasteiger partial charge in [-0.1, -0.05) is 24.3 Å². The number of aryl methyl sites for hydroxylation is 1. The van der Waals surface area contributed by atoms with Crippen LogP contribution in [0.3, 0.4) is 0 Å². The first-order valence-corrected chi connectivity index (χ1v) is 5.78. The highest BCUT2D eigenvalue weighted by atomic mass is 19.1. The Bertz CT molecular complexity index is 608. The number of carbonyl (C=O) groups is 1.